The molecule has 0 heterocycles. The Bertz CT molecular complexity index is 453. The maximum absolute atomic E-state index is 12.6. The summed E-state index contributed by atoms with van der Waals surface area (Å²) in [6, 6.07) is 0.382. The number of esters is 1. The SMILES string of the molecule is C=NC1CCC(OC(=O)C2CCC(C3CCC(CCCC)CC3)CC2)CC1. The van der Waals surface area contributed by atoms with Crippen molar-refractivity contribution in [2.45, 2.75) is 115 Å². The Balaban J connectivity index is 1.34. The normalized spacial score (nSPS) is 37.5. The molecule has 0 aromatic rings. The number of hydrogen-bond acceptors (Lipinski definition) is 3. The maximum Gasteiger partial charge on any atom is 0.309 e. The first-order valence-electron chi connectivity index (χ1n) is 11.9. The molecule has 3 heteroatoms. The Kier molecular flexibility index (Phi) is 8.21. The van der Waals surface area contributed by atoms with Crippen LogP contribution in [0.2, 0.25) is 0 Å². The van der Waals surface area contributed by atoms with Crippen LogP contribution in [-0.4, -0.2) is 24.8 Å². The van der Waals surface area contributed by atoms with Gasteiger partial charge in [0.15, 0.2) is 0 Å². The molecule has 3 aliphatic rings. The lowest BCUT2D eigenvalue weighted by atomic mass is 9.68. The molecule has 3 nitrogen and oxygen atoms in total. The van der Waals surface area contributed by atoms with Crippen molar-refractivity contribution in [3.05, 3.63) is 0 Å². The molecular weight excluding hydrogens is 334 g/mol. The van der Waals surface area contributed by atoms with Crippen LogP contribution in [0.15, 0.2) is 4.99 Å². The minimum absolute atomic E-state index is 0.0896. The van der Waals surface area contributed by atoms with Crippen LogP contribution in [0.3, 0.4) is 0 Å². The average molecular weight is 376 g/mol. The monoisotopic (exact) mass is 375 g/mol. The van der Waals surface area contributed by atoms with Crippen molar-refractivity contribution in [3.8, 4) is 0 Å². The van der Waals surface area contributed by atoms with Crippen molar-refractivity contribution in [2.75, 3.05) is 0 Å². The van der Waals surface area contributed by atoms with E-state index < -0.39 is 0 Å². The van der Waals surface area contributed by atoms with Gasteiger partial charge in [0.2, 0.25) is 0 Å². The summed E-state index contributed by atoms with van der Waals surface area (Å²) in [7, 11) is 0. The van der Waals surface area contributed by atoms with Crippen LogP contribution in [-0.2, 0) is 9.53 Å². The van der Waals surface area contributed by atoms with Crippen LogP contribution in [0.25, 0.3) is 0 Å². The van der Waals surface area contributed by atoms with Crippen LogP contribution >= 0.6 is 0 Å². The highest BCUT2D eigenvalue weighted by Crippen LogP contribution is 2.42. The second-order valence-corrected chi connectivity index (χ2v) is 9.58. The largest absolute Gasteiger partial charge is 0.462 e. The van der Waals surface area contributed by atoms with Crippen LogP contribution in [0, 0.1) is 23.7 Å². The highest BCUT2D eigenvalue weighted by molar-refractivity contribution is 5.72. The summed E-state index contributed by atoms with van der Waals surface area (Å²) in [6.07, 6.45) is 18.7. The van der Waals surface area contributed by atoms with Crippen LogP contribution in [0.4, 0.5) is 0 Å². The smallest absolute Gasteiger partial charge is 0.309 e. The number of rotatable bonds is 7. The van der Waals surface area contributed by atoms with Crippen molar-refractivity contribution in [3.63, 3.8) is 0 Å². The van der Waals surface area contributed by atoms with Gasteiger partial charge in [-0.1, -0.05) is 39.0 Å². The molecule has 154 valence electrons. The van der Waals surface area contributed by atoms with Gasteiger partial charge in [-0.3, -0.25) is 9.79 Å². The lowest BCUT2D eigenvalue weighted by Gasteiger charge is -2.37. The van der Waals surface area contributed by atoms with Crippen LogP contribution in [0.1, 0.15) is 103 Å². The fourth-order valence-corrected chi connectivity index (χ4v) is 5.87. The average Bonchev–Trinajstić information content (AvgIpc) is 2.73. The van der Waals surface area contributed by atoms with E-state index in [1.165, 1.54) is 57.8 Å². The minimum atomic E-state index is 0.0896. The van der Waals surface area contributed by atoms with Crippen LogP contribution < -0.4 is 0 Å². The van der Waals surface area contributed by atoms with Crippen molar-refractivity contribution in [1.82, 2.24) is 0 Å². The fourth-order valence-electron chi connectivity index (χ4n) is 5.87. The molecule has 3 aliphatic carbocycles. The number of carbonyl (C=O) groups is 1. The number of carbonyl (C=O) groups excluding carboxylic acids is 1. The number of hydrogen-bond donors (Lipinski definition) is 0. The molecule has 27 heavy (non-hydrogen) atoms. The summed E-state index contributed by atoms with van der Waals surface area (Å²) in [4.78, 5) is 16.7. The van der Waals surface area contributed by atoms with E-state index >= 15 is 0 Å². The molecular formula is C24H41NO2. The summed E-state index contributed by atoms with van der Waals surface area (Å²) in [6.45, 7) is 5.95. The van der Waals surface area contributed by atoms with Gasteiger partial charge in [-0.05, 0) is 88.7 Å². The molecule has 0 aliphatic heterocycles. The zero-order chi connectivity index (χ0) is 19.1. The first-order chi connectivity index (χ1) is 13.2. The van der Waals surface area contributed by atoms with Crippen molar-refractivity contribution in [1.29, 1.82) is 0 Å². The molecule has 3 saturated carbocycles. The molecule has 0 bridgehead atoms. The summed E-state index contributed by atoms with van der Waals surface area (Å²) >= 11 is 0. The molecule has 0 aromatic heterocycles. The third-order valence-electron chi connectivity index (χ3n) is 7.81. The molecule has 0 radical (unpaired) electrons. The van der Waals surface area contributed by atoms with Crippen LogP contribution in [0.5, 0.6) is 0 Å². The van der Waals surface area contributed by atoms with Gasteiger partial charge in [-0.2, -0.15) is 0 Å². The van der Waals surface area contributed by atoms with E-state index in [0.717, 1.165) is 56.3 Å². The third kappa shape index (κ3) is 6.06. The molecule has 0 amide bonds. The van der Waals surface area contributed by atoms with E-state index in [1.54, 1.807) is 0 Å². The van der Waals surface area contributed by atoms with E-state index in [1.807, 2.05) is 0 Å². The summed E-state index contributed by atoms with van der Waals surface area (Å²) in [5.41, 5.74) is 0. The van der Waals surface area contributed by atoms with Gasteiger partial charge in [0, 0.05) is 6.04 Å². The first-order valence-corrected chi connectivity index (χ1v) is 11.9. The molecule has 0 aromatic carbocycles. The Morgan fingerprint density at radius 1 is 0.889 bits per heavy atom. The van der Waals surface area contributed by atoms with E-state index in [4.69, 9.17) is 4.74 Å². The topological polar surface area (TPSA) is 38.7 Å². The van der Waals surface area contributed by atoms with Gasteiger partial charge >= 0.3 is 5.97 Å². The zero-order valence-electron chi connectivity index (χ0n) is 17.5. The van der Waals surface area contributed by atoms with Gasteiger partial charge in [0.05, 0.1) is 5.92 Å². The molecule has 0 atom stereocenters. The molecule has 3 rings (SSSR count). The van der Waals surface area contributed by atoms with E-state index in [9.17, 15) is 4.79 Å². The summed E-state index contributed by atoms with van der Waals surface area (Å²) in [5.74, 6) is 3.06. The minimum Gasteiger partial charge on any atom is -0.462 e. The molecule has 3 fully saturated rings. The second-order valence-electron chi connectivity index (χ2n) is 9.58. The Morgan fingerprint density at radius 3 is 2.04 bits per heavy atom. The standard InChI is InChI=1S/C24H41NO2/c1-3-4-5-18-6-8-19(9-7-18)20-10-12-21(13-11-20)24(26)27-23-16-14-22(25-2)15-17-23/h18-23H,2-17H2,1H3. The summed E-state index contributed by atoms with van der Waals surface area (Å²) in [5, 5.41) is 0. The van der Waals surface area contributed by atoms with Crippen molar-refractivity contribution >= 4 is 12.7 Å². The number of unbranched alkanes of at least 4 members (excludes halogenated alkanes) is 1. The number of ether oxygens (including phenoxy) is 1. The van der Waals surface area contributed by atoms with E-state index in [0.29, 0.717) is 6.04 Å². The van der Waals surface area contributed by atoms with Gasteiger partial charge in [-0.25, -0.2) is 0 Å². The van der Waals surface area contributed by atoms with E-state index in [-0.39, 0.29) is 18.0 Å². The maximum atomic E-state index is 12.6. The Hall–Kier alpha value is -0.860. The van der Waals surface area contributed by atoms with Gasteiger partial charge in [-0.15, -0.1) is 0 Å². The fraction of sp³-hybridized carbons (Fsp3) is 0.917. The van der Waals surface area contributed by atoms with Gasteiger partial charge < -0.3 is 4.74 Å². The third-order valence-corrected chi connectivity index (χ3v) is 7.81. The Morgan fingerprint density at radius 2 is 1.48 bits per heavy atom. The summed E-state index contributed by atoms with van der Waals surface area (Å²) < 4.78 is 5.85. The quantitative estimate of drug-likeness (QED) is 0.384. The molecule has 0 unspecified atom stereocenters. The lowest BCUT2D eigenvalue weighted by Crippen LogP contribution is -2.32. The Labute approximate surface area is 166 Å². The number of nitrogens with zero attached hydrogens (tertiary/aromatic N) is 1. The number of aliphatic imine (C=N–C) groups is 1. The van der Waals surface area contributed by atoms with E-state index in [2.05, 4.69) is 18.6 Å². The molecule has 0 spiro atoms. The van der Waals surface area contributed by atoms with Gasteiger partial charge in [0.25, 0.3) is 0 Å². The van der Waals surface area contributed by atoms with Crippen molar-refractivity contribution < 1.29 is 9.53 Å². The van der Waals surface area contributed by atoms with Crippen molar-refractivity contribution in [2.24, 2.45) is 28.7 Å². The predicted molar refractivity (Wildman–Crippen MR) is 112 cm³/mol. The highest BCUT2D eigenvalue weighted by atomic mass is 16.5. The molecule has 0 saturated heterocycles. The second kappa shape index (κ2) is 10.6. The first kappa shape index (κ1) is 20.9. The zero-order valence-corrected chi connectivity index (χ0v) is 17.5. The lowest BCUT2D eigenvalue weighted by molar-refractivity contribution is -0.157. The predicted octanol–water partition coefficient (Wildman–Crippen LogP) is 6.34. The van der Waals surface area contributed by atoms with Gasteiger partial charge in [0.1, 0.15) is 6.10 Å². The highest BCUT2D eigenvalue weighted by Gasteiger charge is 2.34. The molecule has 0 N–H and O–H groups in total.